The normalized spacial score (nSPS) is 11.5. The van der Waals surface area contributed by atoms with Crippen molar-refractivity contribution in [3.05, 3.63) is 65.2 Å². The van der Waals surface area contributed by atoms with E-state index in [9.17, 15) is 13.2 Å². The largest absolute Gasteiger partial charge is 0.356 e. The zero-order valence-corrected chi connectivity index (χ0v) is 19.3. The van der Waals surface area contributed by atoms with E-state index in [1.807, 2.05) is 25.1 Å². The lowest BCUT2D eigenvalue weighted by Gasteiger charge is -2.24. The quantitative estimate of drug-likeness (QED) is 0.537. The van der Waals surface area contributed by atoms with Crippen molar-refractivity contribution in [1.29, 1.82) is 0 Å². The van der Waals surface area contributed by atoms with Crippen LogP contribution in [0.1, 0.15) is 55.7 Å². The van der Waals surface area contributed by atoms with Crippen molar-refractivity contribution in [2.24, 2.45) is 0 Å². The summed E-state index contributed by atoms with van der Waals surface area (Å²) in [6.45, 7) is 7.16. The number of anilines is 1. The Labute approximate surface area is 181 Å². The van der Waals surface area contributed by atoms with Gasteiger partial charge in [0, 0.05) is 19.5 Å². The molecule has 0 atom stereocenters. The van der Waals surface area contributed by atoms with E-state index >= 15 is 0 Å². The molecular formula is C24H34N2O3S. The molecule has 1 N–H and O–H groups in total. The summed E-state index contributed by atoms with van der Waals surface area (Å²) in [6, 6.07) is 16.0. The molecule has 2 rings (SSSR count). The number of carbonyl (C=O) groups excluding carboxylic acids is 1. The van der Waals surface area contributed by atoms with E-state index in [0.717, 1.165) is 18.4 Å². The minimum absolute atomic E-state index is 0.0385. The minimum Gasteiger partial charge on any atom is -0.356 e. The fraction of sp³-hybridized carbons (Fsp3) is 0.458. The number of nitrogens with zero attached hydrogens (tertiary/aromatic N) is 1. The summed E-state index contributed by atoms with van der Waals surface area (Å²) in [5, 5.41) is 2.94. The van der Waals surface area contributed by atoms with Crippen LogP contribution in [0.4, 0.5) is 5.69 Å². The van der Waals surface area contributed by atoms with Gasteiger partial charge in [-0.3, -0.25) is 9.10 Å². The Hall–Kier alpha value is -2.34. The monoisotopic (exact) mass is 430 g/mol. The van der Waals surface area contributed by atoms with E-state index in [0.29, 0.717) is 37.5 Å². The number of benzene rings is 2. The number of aryl methyl sites for hydroxylation is 2. The van der Waals surface area contributed by atoms with Crippen LogP contribution < -0.4 is 9.62 Å². The van der Waals surface area contributed by atoms with E-state index in [1.54, 1.807) is 6.07 Å². The average molecular weight is 431 g/mol. The SMILES string of the molecule is Cc1ccccc1N(CCCC(=O)NCCCc1ccc(C(C)C)cc1)S(C)(=O)=O. The molecular weight excluding hydrogens is 396 g/mol. The average Bonchev–Trinajstić information content (AvgIpc) is 2.69. The van der Waals surface area contributed by atoms with Gasteiger partial charge in [-0.05, 0) is 54.9 Å². The van der Waals surface area contributed by atoms with Crippen molar-refractivity contribution in [3.8, 4) is 0 Å². The molecule has 164 valence electrons. The molecule has 30 heavy (non-hydrogen) atoms. The highest BCUT2D eigenvalue weighted by molar-refractivity contribution is 7.92. The Bertz CT molecular complexity index is 922. The number of hydrogen-bond acceptors (Lipinski definition) is 3. The Morgan fingerprint density at radius 2 is 1.70 bits per heavy atom. The summed E-state index contributed by atoms with van der Waals surface area (Å²) in [6.07, 6.45) is 3.79. The Kier molecular flexibility index (Phi) is 8.90. The summed E-state index contributed by atoms with van der Waals surface area (Å²) < 4.78 is 25.8. The van der Waals surface area contributed by atoms with Crippen molar-refractivity contribution in [2.45, 2.75) is 52.4 Å². The smallest absolute Gasteiger partial charge is 0.232 e. The molecule has 0 bridgehead atoms. The Morgan fingerprint density at radius 3 is 2.30 bits per heavy atom. The van der Waals surface area contributed by atoms with Crippen LogP contribution >= 0.6 is 0 Å². The third-order valence-corrected chi connectivity index (χ3v) is 6.34. The number of nitrogens with one attached hydrogen (secondary N) is 1. The summed E-state index contributed by atoms with van der Waals surface area (Å²) in [7, 11) is -3.40. The Balaban J connectivity index is 1.74. The zero-order chi connectivity index (χ0) is 22.1. The molecule has 0 aliphatic rings. The molecule has 2 aromatic rings. The van der Waals surface area contributed by atoms with Crippen molar-refractivity contribution in [3.63, 3.8) is 0 Å². The van der Waals surface area contributed by atoms with Crippen molar-refractivity contribution in [1.82, 2.24) is 5.32 Å². The maximum Gasteiger partial charge on any atom is 0.232 e. The van der Waals surface area contributed by atoms with Crippen LogP contribution in [0, 0.1) is 6.92 Å². The second-order valence-corrected chi connectivity index (χ2v) is 9.98. The number of rotatable bonds is 11. The molecule has 0 heterocycles. The van der Waals surface area contributed by atoms with Gasteiger partial charge in [-0.2, -0.15) is 0 Å². The molecule has 0 fully saturated rings. The fourth-order valence-corrected chi connectivity index (χ4v) is 4.39. The first-order valence-electron chi connectivity index (χ1n) is 10.6. The first-order chi connectivity index (χ1) is 14.2. The van der Waals surface area contributed by atoms with Gasteiger partial charge in [-0.25, -0.2) is 8.42 Å². The van der Waals surface area contributed by atoms with Crippen LogP contribution in [-0.4, -0.2) is 33.7 Å². The molecule has 6 heteroatoms. The van der Waals surface area contributed by atoms with Crippen LogP contribution in [0.15, 0.2) is 48.5 Å². The Morgan fingerprint density at radius 1 is 1.03 bits per heavy atom. The highest BCUT2D eigenvalue weighted by Crippen LogP contribution is 2.22. The second-order valence-electron chi connectivity index (χ2n) is 8.07. The highest BCUT2D eigenvalue weighted by atomic mass is 32.2. The topological polar surface area (TPSA) is 66.5 Å². The zero-order valence-electron chi connectivity index (χ0n) is 18.5. The number of hydrogen-bond donors (Lipinski definition) is 1. The van der Waals surface area contributed by atoms with E-state index in [4.69, 9.17) is 0 Å². The van der Waals surface area contributed by atoms with Gasteiger partial charge >= 0.3 is 0 Å². The number of amides is 1. The van der Waals surface area contributed by atoms with E-state index in [1.165, 1.54) is 21.7 Å². The van der Waals surface area contributed by atoms with E-state index in [2.05, 4.69) is 43.4 Å². The van der Waals surface area contributed by atoms with Gasteiger partial charge < -0.3 is 5.32 Å². The van der Waals surface area contributed by atoms with Crippen molar-refractivity contribution >= 4 is 21.6 Å². The first-order valence-corrected chi connectivity index (χ1v) is 12.4. The van der Waals surface area contributed by atoms with Gasteiger partial charge in [0.1, 0.15) is 0 Å². The van der Waals surface area contributed by atoms with Crippen LogP contribution in [0.2, 0.25) is 0 Å². The van der Waals surface area contributed by atoms with Gasteiger partial charge in [0.2, 0.25) is 15.9 Å². The molecule has 0 radical (unpaired) electrons. The third-order valence-electron chi connectivity index (χ3n) is 5.16. The fourth-order valence-electron chi connectivity index (χ4n) is 3.37. The first kappa shape index (κ1) is 23.9. The minimum atomic E-state index is -3.40. The highest BCUT2D eigenvalue weighted by Gasteiger charge is 2.18. The van der Waals surface area contributed by atoms with Crippen molar-refractivity contribution in [2.75, 3.05) is 23.7 Å². The standard InChI is InChI=1S/C24H34N2O3S/c1-19(2)22-15-13-21(14-16-22)10-7-17-25-24(27)12-8-18-26(30(4,28)29)23-11-6-5-9-20(23)3/h5-6,9,11,13-16,19H,7-8,10,12,17-18H2,1-4H3,(H,25,27). The molecule has 0 saturated carbocycles. The summed E-state index contributed by atoms with van der Waals surface area (Å²) in [5.41, 5.74) is 4.18. The maximum absolute atomic E-state index is 12.2. The predicted molar refractivity (Wildman–Crippen MR) is 124 cm³/mol. The second kappa shape index (κ2) is 11.2. The van der Waals surface area contributed by atoms with Gasteiger partial charge in [-0.1, -0.05) is 56.3 Å². The van der Waals surface area contributed by atoms with Crippen LogP contribution in [0.5, 0.6) is 0 Å². The number of para-hydroxylation sites is 1. The molecule has 0 spiro atoms. The summed E-state index contributed by atoms with van der Waals surface area (Å²) >= 11 is 0. The van der Waals surface area contributed by atoms with Gasteiger partial charge in [0.05, 0.1) is 11.9 Å². The van der Waals surface area contributed by atoms with E-state index < -0.39 is 10.0 Å². The molecule has 0 unspecified atom stereocenters. The van der Waals surface area contributed by atoms with Crippen molar-refractivity contribution < 1.29 is 13.2 Å². The number of carbonyl (C=O) groups is 1. The maximum atomic E-state index is 12.2. The third kappa shape index (κ3) is 7.48. The molecule has 0 aliphatic carbocycles. The van der Waals surface area contributed by atoms with Gasteiger partial charge in [-0.15, -0.1) is 0 Å². The molecule has 1 amide bonds. The molecule has 0 aromatic heterocycles. The lowest BCUT2D eigenvalue weighted by Crippen LogP contribution is -2.32. The number of sulfonamides is 1. The molecule has 5 nitrogen and oxygen atoms in total. The van der Waals surface area contributed by atoms with Gasteiger partial charge in [0.15, 0.2) is 0 Å². The lowest BCUT2D eigenvalue weighted by atomic mass is 10.0. The lowest BCUT2D eigenvalue weighted by molar-refractivity contribution is -0.121. The molecule has 2 aromatic carbocycles. The van der Waals surface area contributed by atoms with Crippen LogP contribution in [-0.2, 0) is 21.2 Å². The van der Waals surface area contributed by atoms with Crippen LogP contribution in [0.25, 0.3) is 0 Å². The molecule has 0 saturated heterocycles. The predicted octanol–water partition coefficient (Wildman–Crippen LogP) is 4.41. The van der Waals surface area contributed by atoms with E-state index in [-0.39, 0.29) is 5.91 Å². The summed E-state index contributed by atoms with van der Waals surface area (Å²) in [5.74, 6) is 0.492. The molecule has 0 aliphatic heterocycles. The van der Waals surface area contributed by atoms with Crippen LogP contribution in [0.3, 0.4) is 0 Å². The summed E-state index contributed by atoms with van der Waals surface area (Å²) in [4.78, 5) is 12.1. The van der Waals surface area contributed by atoms with Gasteiger partial charge in [0.25, 0.3) is 0 Å².